The number of aliphatic hydroxyl groups is 1. The number of nitrogens with two attached hydrogens (primary N) is 2. The predicted molar refractivity (Wildman–Crippen MR) is 106 cm³/mol. The van der Waals surface area contributed by atoms with Crippen LogP contribution < -0.4 is 16.8 Å². The highest BCUT2D eigenvalue weighted by atomic mass is 16.3. The summed E-state index contributed by atoms with van der Waals surface area (Å²) in [5, 5.41) is 13.2. The van der Waals surface area contributed by atoms with Crippen molar-refractivity contribution in [1.29, 1.82) is 0 Å². The molecule has 2 atom stereocenters. The van der Waals surface area contributed by atoms with Gasteiger partial charge in [-0.2, -0.15) is 0 Å². The first-order valence-electron chi connectivity index (χ1n) is 10.5. The normalized spacial score (nSPS) is 14.0. The molecule has 6 N–H and O–H groups in total. The lowest BCUT2D eigenvalue weighted by Crippen LogP contribution is -2.38. The van der Waals surface area contributed by atoms with Gasteiger partial charge in [-0.05, 0) is 12.8 Å². The zero-order valence-corrected chi connectivity index (χ0v) is 16.3. The summed E-state index contributed by atoms with van der Waals surface area (Å²) in [6.07, 6.45) is 17.6. The molecule has 4 heteroatoms. The van der Waals surface area contributed by atoms with Crippen LogP contribution in [0.2, 0.25) is 0 Å². The molecule has 146 valence electrons. The second-order valence-corrected chi connectivity index (χ2v) is 7.32. The number of nitrogens with one attached hydrogen (secondary N) is 1. The summed E-state index contributed by atoms with van der Waals surface area (Å²) < 4.78 is 0. The Bertz CT molecular complexity index is 239. The summed E-state index contributed by atoms with van der Waals surface area (Å²) >= 11 is 0. The van der Waals surface area contributed by atoms with Gasteiger partial charge in [0.2, 0.25) is 0 Å². The van der Waals surface area contributed by atoms with E-state index in [1.165, 1.54) is 70.6 Å². The second kappa shape index (κ2) is 19.2. The molecule has 0 radical (unpaired) electrons. The van der Waals surface area contributed by atoms with Crippen LogP contribution in [0.4, 0.5) is 0 Å². The van der Waals surface area contributed by atoms with Crippen LogP contribution in [0.3, 0.4) is 0 Å². The molecule has 0 aromatic rings. The molecular formula is C20H45N3O. The van der Waals surface area contributed by atoms with Crippen molar-refractivity contribution < 1.29 is 5.11 Å². The molecule has 24 heavy (non-hydrogen) atoms. The SMILES string of the molecule is CCCCCCCCCCCCCCC(O)CC(N)CNCCN. The van der Waals surface area contributed by atoms with Gasteiger partial charge in [0, 0.05) is 25.7 Å². The maximum atomic E-state index is 10.0. The fourth-order valence-corrected chi connectivity index (χ4v) is 3.16. The quantitative estimate of drug-likeness (QED) is 0.269. The van der Waals surface area contributed by atoms with Gasteiger partial charge in [0.05, 0.1) is 6.10 Å². The highest BCUT2D eigenvalue weighted by Crippen LogP contribution is 2.13. The maximum Gasteiger partial charge on any atom is 0.0555 e. The number of aliphatic hydroxyl groups excluding tert-OH is 1. The van der Waals surface area contributed by atoms with E-state index < -0.39 is 0 Å². The highest BCUT2D eigenvalue weighted by Gasteiger charge is 2.10. The maximum absolute atomic E-state index is 10.0. The Balaban J connectivity index is 3.23. The predicted octanol–water partition coefficient (Wildman–Crippen LogP) is 3.70. The topological polar surface area (TPSA) is 84.3 Å². The molecule has 0 bridgehead atoms. The number of rotatable bonds is 19. The van der Waals surface area contributed by atoms with Gasteiger partial charge in [0.1, 0.15) is 0 Å². The summed E-state index contributed by atoms with van der Waals surface area (Å²) in [5.74, 6) is 0. The Labute approximate surface area is 151 Å². The summed E-state index contributed by atoms with van der Waals surface area (Å²) in [4.78, 5) is 0. The van der Waals surface area contributed by atoms with Crippen LogP contribution in [-0.2, 0) is 0 Å². The van der Waals surface area contributed by atoms with Crippen molar-refractivity contribution in [3.63, 3.8) is 0 Å². The van der Waals surface area contributed by atoms with Gasteiger partial charge in [0.25, 0.3) is 0 Å². The van der Waals surface area contributed by atoms with Crippen molar-refractivity contribution in [1.82, 2.24) is 5.32 Å². The van der Waals surface area contributed by atoms with Gasteiger partial charge in [0.15, 0.2) is 0 Å². The van der Waals surface area contributed by atoms with Gasteiger partial charge in [-0.1, -0.05) is 84.0 Å². The van der Waals surface area contributed by atoms with E-state index in [9.17, 15) is 5.11 Å². The number of hydrogen-bond acceptors (Lipinski definition) is 4. The minimum Gasteiger partial charge on any atom is -0.393 e. The molecule has 0 rings (SSSR count). The van der Waals surface area contributed by atoms with Gasteiger partial charge < -0.3 is 21.9 Å². The second-order valence-electron chi connectivity index (χ2n) is 7.32. The smallest absolute Gasteiger partial charge is 0.0555 e. The van der Waals surface area contributed by atoms with Crippen molar-refractivity contribution in [3.8, 4) is 0 Å². The van der Waals surface area contributed by atoms with Crippen molar-refractivity contribution in [2.75, 3.05) is 19.6 Å². The van der Waals surface area contributed by atoms with Crippen molar-refractivity contribution in [2.45, 2.75) is 109 Å². The van der Waals surface area contributed by atoms with E-state index >= 15 is 0 Å². The molecule has 0 aliphatic heterocycles. The zero-order chi connectivity index (χ0) is 17.9. The minimum atomic E-state index is -0.247. The molecule has 0 amide bonds. The van der Waals surface area contributed by atoms with Crippen LogP contribution in [0.15, 0.2) is 0 Å². The third-order valence-corrected chi connectivity index (χ3v) is 4.69. The summed E-state index contributed by atoms with van der Waals surface area (Å²) in [6.45, 7) is 4.44. The molecule has 0 heterocycles. The van der Waals surface area contributed by atoms with Crippen LogP contribution in [0.5, 0.6) is 0 Å². The fraction of sp³-hybridized carbons (Fsp3) is 1.00. The monoisotopic (exact) mass is 343 g/mol. The van der Waals surface area contributed by atoms with Crippen molar-refractivity contribution in [2.24, 2.45) is 11.5 Å². The van der Waals surface area contributed by atoms with Crippen LogP contribution in [0.1, 0.15) is 96.8 Å². The summed E-state index contributed by atoms with van der Waals surface area (Å²) in [5.41, 5.74) is 11.4. The average molecular weight is 344 g/mol. The number of hydrogen-bond donors (Lipinski definition) is 4. The van der Waals surface area contributed by atoms with Crippen LogP contribution in [0, 0.1) is 0 Å². The third-order valence-electron chi connectivity index (χ3n) is 4.69. The van der Waals surface area contributed by atoms with E-state index in [0.29, 0.717) is 13.0 Å². The Kier molecular flexibility index (Phi) is 19.0. The van der Waals surface area contributed by atoms with Crippen molar-refractivity contribution in [3.05, 3.63) is 0 Å². The van der Waals surface area contributed by atoms with Crippen LogP contribution >= 0.6 is 0 Å². The first-order valence-corrected chi connectivity index (χ1v) is 10.5. The molecule has 2 unspecified atom stereocenters. The van der Waals surface area contributed by atoms with E-state index in [2.05, 4.69) is 12.2 Å². The van der Waals surface area contributed by atoms with Crippen molar-refractivity contribution >= 4 is 0 Å². The molecule has 0 aromatic heterocycles. The van der Waals surface area contributed by atoms with E-state index in [1.807, 2.05) is 0 Å². The molecule has 0 aromatic carbocycles. The summed E-state index contributed by atoms with van der Waals surface area (Å²) in [7, 11) is 0. The molecule has 4 nitrogen and oxygen atoms in total. The molecular weight excluding hydrogens is 298 g/mol. The zero-order valence-electron chi connectivity index (χ0n) is 16.3. The Morgan fingerprint density at radius 3 is 1.83 bits per heavy atom. The lowest BCUT2D eigenvalue weighted by Gasteiger charge is -2.16. The first-order chi connectivity index (χ1) is 11.7. The fourth-order valence-electron chi connectivity index (χ4n) is 3.16. The third kappa shape index (κ3) is 18.2. The molecule has 0 saturated carbocycles. The molecule has 0 saturated heterocycles. The Hall–Kier alpha value is -0.160. The van der Waals surface area contributed by atoms with Crippen LogP contribution in [-0.4, -0.2) is 36.9 Å². The Morgan fingerprint density at radius 2 is 1.33 bits per heavy atom. The molecule has 0 aliphatic carbocycles. The summed E-state index contributed by atoms with van der Waals surface area (Å²) in [6, 6.07) is 0.0314. The average Bonchev–Trinajstić information content (AvgIpc) is 2.56. The van der Waals surface area contributed by atoms with Gasteiger partial charge >= 0.3 is 0 Å². The standard InChI is InChI=1S/C20H45N3O/c1-2-3-4-5-6-7-8-9-10-11-12-13-14-20(24)17-19(22)18-23-16-15-21/h19-20,23-24H,2-18,21-22H2,1H3. The molecule has 0 spiro atoms. The first kappa shape index (κ1) is 23.8. The lowest BCUT2D eigenvalue weighted by molar-refractivity contribution is 0.142. The largest absolute Gasteiger partial charge is 0.393 e. The van der Waals surface area contributed by atoms with Gasteiger partial charge in [-0.3, -0.25) is 0 Å². The van der Waals surface area contributed by atoms with E-state index in [4.69, 9.17) is 11.5 Å². The lowest BCUT2D eigenvalue weighted by atomic mass is 10.0. The molecule has 0 fully saturated rings. The van der Waals surface area contributed by atoms with E-state index in [-0.39, 0.29) is 12.1 Å². The minimum absolute atomic E-state index is 0.0314. The van der Waals surface area contributed by atoms with Gasteiger partial charge in [-0.15, -0.1) is 0 Å². The van der Waals surface area contributed by atoms with E-state index in [0.717, 1.165) is 25.9 Å². The molecule has 0 aliphatic rings. The van der Waals surface area contributed by atoms with E-state index in [1.54, 1.807) is 0 Å². The van der Waals surface area contributed by atoms with Gasteiger partial charge in [-0.25, -0.2) is 0 Å². The number of unbranched alkanes of at least 4 members (excludes halogenated alkanes) is 11. The van der Waals surface area contributed by atoms with Crippen LogP contribution in [0.25, 0.3) is 0 Å². The Morgan fingerprint density at radius 1 is 0.833 bits per heavy atom. The highest BCUT2D eigenvalue weighted by molar-refractivity contribution is 4.70.